The van der Waals surface area contributed by atoms with Crippen molar-refractivity contribution in [1.29, 1.82) is 0 Å². The Morgan fingerprint density at radius 3 is 2.25 bits per heavy atom. The third-order valence-electron chi connectivity index (χ3n) is 5.15. The Balaban J connectivity index is 1.93. The lowest BCUT2D eigenvalue weighted by Gasteiger charge is -2.19. The lowest BCUT2D eigenvalue weighted by molar-refractivity contribution is -0.0497. The Kier molecular flexibility index (Phi) is 8.62. The standard InChI is InChI=1S/C25H30F2N2O3/c1-4-14-30-19-9-7-18(8-10-19)23-17-24(31-15-13-29(5-2)6-3)21-16-20(32-25(26)27)11-12-22(21)28-23/h7-12,16-17,25H,4-6,13-15H2,1-3H3. The third kappa shape index (κ3) is 6.29. The molecule has 0 amide bonds. The van der Waals surface area contributed by atoms with Crippen LogP contribution in [0.2, 0.25) is 0 Å². The first kappa shape index (κ1) is 23.7. The fourth-order valence-corrected chi connectivity index (χ4v) is 3.38. The Morgan fingerprint density at radius 1 is 0.875 bits per heavy atom. The lowest BCUT2D eigenvalue weighted by Crippen LogP contribution is -2.27. The topological polar surface area (TPSA) is 43.8 Å². The van der Waals surface area contributed by atoms with Gasteiger partial charge in [-0.1, -0.05) is 20.8 Å². The van der Waals surface area contributed by atoms with Crippen LogP contribution in [0.5, 0.6) is 17.2 Å². The summed E-state index contributed by atoms with van der Waals surface area (Å²) in [6, 6.07) is 14.3. The summed E-state index contributed by atoms with van der Waals surface area (Å²) in [4.78, 5) is 6.97. The number of alkyl halides is 2. The first-order valence-electron chi connectivity index (χ1n) is 11.0. The van der Waals surface area contributed by atoms with E-state index in [1.165, 1.54) is 6.07 Å². The van der Waals surface area contributed by atoms with Gasteiger partial charge >= 0.3 is 6.61 Å². The molecule has 0 fully saturated rings. The summed E-state index contributed by atoms with van der Waals surface area (Å²) in [6.45, 7) is 7.15. The van der Waals surface area contributed by atoms with Gasteiger partial charge in [-0.05, 0) is 62.0 Å². The maximum absolute atomic E-state index is 12.7. The lowest BCUT2D eigenvalue weighted by atomic mass is 10.1. The SMILES string of the molecule is CCCOc1ccc(-c2cc(OCCN(CC)CC)c3cc(OC(F)F)ccc3n2)cc1. The van der Waals surface area contributed by atoms with Crippen LogP contribution in [-0.4, -0.2) is 49.3 Å². The van der Waals surface area contributed by atoms with E-state index < -0.39 is 6.61 Å². The number of hydrogen-bond donors (Lipinski definition) is 0. The number of ether oxygens (including phenoxy) is 3. The van der Waals surface area contributed by atoms with Crippen molar-refractivity contribution in [2.75, 3.05) is 32.8 Å². The molecule has 0 aliphatic heterocycles. The molecule has 2 aromatic carbocycles. The molecule has 1 heterocycles. The van der Waals surface area contributed by atoms with E-state index >= 15 is 0 Å². The molecule has 3 aromatic rings. The van der Waals surface area contributed by atoms with Crippen molar-refractivity contribution in [3.05, 3.63) is 48.5 Å². The van der Waals surface area contributed by atoms with Crippen LogP contribution < -0.4 is 14.2 Å². The van der Waals surface area contributed by atoms with Gasteiger partial charge in [-0.25, -0.2) is 4.98 Å². The molecular weight excluding hydrogens is 414 g/mol. The van der Waals surface area contributed by atoms with Crippen LogP contribution in [0.25, 0.3) is 22.2 Å². The van der Waals surface area contributed by atoms with Crippen molar-refractivity contribution < 1.29 is 23.0 Å². The van der Waals surface area contributed by atoms with Gasteiger partial charge in [0.05, 0.1) is 17.8 Å². The van der Waals surface area contributed by atoms with Crippen molar-refractivity contribution in [2.45, 2.75) is 33.8 Å². The largest absolute Gasteiger partial charge is 0.494 e. The van der Waals surface area contributed by atoms with E-state index in [-0.39, 0.29) is 5.75 Å². The minimum atomic E-state index is -2.89. The van der Waals surface area contributed by atoms with Crippen molar-refractivity contribution in [1.82, 2.24) is 9.88 Å². The average molecular weight is 445 g/mol. The minimum Gasteiger partial charge on any atom is -0.494 e. The van der Waals surface area contributed by atoms with Gasteiger partial charge in [0.25, 0.3) is 0 Å². The summed E-state index contributed by atoms with van der Waals surface area (Å²) < 4.78 is 41.7. The van der Waals surface area contributed by atoms with Crippen LogP contribution in [-0.2, 0) is 0 Å². The maximum atomic E-state index is 12.7. The Labute approximate surface area is 187 Å². The van der Waals surface area contributed by atoms with E-state index in [1.807, 2.05) is 30.3 Å². The zero-order chi connectivity index (χ0) is 22.9. The van der Waals surface area contributed by atoms with E-state index in [1.54, 1.807) is 12.1 Å². The number of benzene rings is 2. The normalized spacial score (nSPS) is 11.3. The zero-order valence-electron chi connectivity index (χ0n) is 18.8. The maximum Gasteiger partial charge on any atom is 0.387 e. The number of halogens is 2. The summed E-state index contributed by atoms with van der Waals surface area (Å²) in [5.41, 5.74) is 2.30. The van der Waals surface area contributed by atoms with Gasteiger partial charge < -0.3 is 19.1 Å². The molecule has 0 saturated carbocycles. The molecule has 0 aliphatic carbocycles. The van der Waals surface area contributed by atoms with Crippen LogP contribution in [0, 0.1) is 0 Å². The fourth-order valence-electron chi connectivity index (χ4n) is 3.38. The molecule has 0 aliphatic rings. The van der Waals surface area contributed by atoms with E-state index in [0.29, 0.717) is 29.9 Å². The predicted molar refractivity (Wildman–Crippen MR) is 123 cm³/mol. The second-order valence-electron chi connectivity index (χ2n) is 7.31. The molecule has 1 aromatic heterocycles. The molecule has 172 valence electrons. The fraction of sp³-hybridized carbons (Fsp3) is 0.400. The molecule has 0 saturated heterocycles. The highest BCUT2D eigenvalue weighted by molar-refractivity contribution is 5.89. The number of pyridine rings is 1. The molecule has 0 unspecified atom stereocenters. The van der Waals surface area contributed by atoms with Gasteiger partial charge in [-0.3, -0.25) is 0 Å². The van der Waals surface area contributed by atoms with Crippen LogP contribution in [0.3, 0.4) is 0 Å². The van der Waals surface area contributed by atoms with Crippen molar-refractivity contribution in [2.24, 2.45) is 0 Å². The Hall–Kier alpha value is -2.93. The van der Waals surface area contributed by atoms with E-state index in [4.69, 9.17) is 14.5 Å². The van der Waals surface area contributed by atoms with E-state index in [2.05, 4.69) is 30.4 Å². The summed E-state index contributed by atoms with van der Waals surface area (Å²) in [5.74, 6) is 1.47. The van der Waals surface area contributed by atoms with Gasteiger partial charge in [0.1, 0.15) is 23.9 Å². The molecule has 0 spiro atoms. The van der Waals surface area contributed by atoms with Crippen LogP contribution in [0.4, 0.5) is 8.78 Å². The molecule has 0 bridgehead atoms. The molecule has 32 heavy (non-hydrogen) atoms. The number of rotatable bonds is 12. The van der Waals surface area contributed by atoms with Crippen molar-refractivity contribution in [3.63, 3.8) is 0 Å². The Bertz CT molecular complexity index is 992. The molecule has 0 radical (unpaired) electrons. The van der Waals surface area contributed by atoms with Crippen LogP contribution in [0.15, 0.2) is 48.5 Å². The van der Waals surface area contributed by atoms with Gasteiger partial charge in [0, 0.05) is 23.6 Å². The van der Waals surface area contributed by atoms with Crippen molar-refractivity contribution >= 4 is 10.9 Å². The molecule has 0 atom stereocenters. The second-order valence-corrected chi connectivity index (χ2v) is 7.31. The summed E-state index contributed by atoms with van der Waals surface area (Å²) in [5, 5.41) is 0.634. The number of aromatic nitrogens is 1. The quantitative estimate of drug-likeness (QED) is 0.342. The second kappa shape index (κ2) is 11.6. The molecule has 5 nitrogen and oxygen atoms in total. The number of fused-ring (bicyclic) bond motifs is 1. The first-order valence-corrected chi connectivity index (χ1v) is 11.0. The van der Waals surface area contributed by atoms with Gasteiger partial charge in [0.2, 0.25) is 0 Å². The Morgan fingerprint density at radius 2 is 1.59 bits per heavy atom. The molecule has 3 rings (SSSR count). The summed E-state index contributed by atoms with van der Waals surface area (Å²) >= 11 is 0. The summed E-state index contributed by atoms with van der Waals surface area (Å²) in [6.07, 6.45) is 0.944. The van der Waals surface area contributed by atoms with Crippen LogP contribution in [0.1, 0.15) is 27.2 Å². The monoisotopic (exact) mass is 444 g/mol. The summed E-state index contributed by atoms with van der Waals surface area (Å²) in [7, 11) is 0. The highest BCUT2D eigenvalue weighted by atomic mass is 19.3. The highest BCUT2D eigenvalue weighted by Crippen LogP contribution is 2.33. The smallest absolute Gasteiger partial charge is 0.387 e. The van der Waals surface area contributed by atoms with Crippen LogP contribution >= 0.6 is 0 Å². The molecule has 7 heteroatoms. The molecular formula is C25H30F2N2O3. The number of nitrogens with zero attached hydrogens (tertiary/aromatic N) is 2. The van der Waals surface area contributed by atoms with Gasteiger partial charge in [-0.15, -0.1) is 0 Å². The zero-order valence-corrected chi connectivity index (χ0v) is 18.8. The molecule has 0 N–H and O–H groups in total. The van der Waals surface area contributed by atoms with Gasteiger partial charge in [0.15, 0.2) is 0 Å². The number of likely N-dealkylation sites (N-methyl/N-ethyl adjacent to an activating group) is 1. The van der Waals surface area contributed by atoms with E-state index in [9.17, 15) is 8.78 Å². The van der Waals surface area contributed by atoms with Gasteiger partial charge in [-0.2, -0.15) is 8.78 Å². The predicted octanol–water partition coefficient (Wildman–Crippen LogP) is 6.01. The highest BCUT2D eigenvalue weighted by Gasteiger charge is 2.13. The third-order valence-corrected chi connectivity index (χ3v) is 5.15. The number of hydrogen-bond acceptors (Lipinski definition) is 5. The average Bonchev–Trinajstić information content (AvgIpc) is 2.80. The minimum absolute atomic E-state index is 0.0769. The first-order chi connectivity index (χ1) is 15.5. The van der Waals surface area contributed by atoms with Crippen molar-refractivity contribution in [3.8, 4) is 28.5 Å². The van der Waals surface area contributed by atoms with E-state index in [0.717, 1.165) is 43.1 Å².